The second-order valence-corrected chi connectivity index (χ2v) is 6.45. The van der Waals surface area contributed by atoms with E-state index in [0.29, 0.717) is 5.92 Å². The number of hydrogen-bond acceptors (Lipinski definition) is 4. The van der Waals surface area contributed by atoms with Crippen LogP contribution in [0.4, 0.5) is 5.82 Å². The summed E-state index contributed by atoms with van der Waals surface area (Å²) in [6, 6.07) is 10.4. The summed E-state index contributed by atoms with van der Waals surface area (Å²) in [6.07, 6.45) is 6.87. The molecule has 6 heteroatoms. The lowest BCUT2D eigenvalue weighted by molar-refractivity contribution is 0.675. The Bertz CT molecular complexity index is 780. The van der Waals surface area contributed by atoms with E-state index in [2.05, 4.69) is 46.1 Å². The van der Waals surface area contributed by atoms with Gasteiger partial charge in [-0.3, -0.25) is 0 Å². The summed E-state index contributed by atoms with van der Waals surface area (Å²) >= 11 is 0. The molecule has 0 radical (unpaired) electrons. The molecule has 0 bridgehead atoms. The largest absolute Gasteiger partial charge is 0.364 e. The quantitative estimate of drug-likeness (QED) is 0.731. The maximum atomic E-state index is 4.86. The van der Waals surface area contributed by atoms with Crippen molar-refractivity contribution in [3.63, 3.8) is 0 Å². The van der Waals surface area contributed by atoms with Crippen molar-refractivity contribution < 1.29 is 0 Å². The minimum atomic E-state index is 0. The normalized spacial score (nSPS) is 14.6. The monoisotopic (exact) mass is 357 g/mol. The molecule has 1 aromatic carbocycles. The summed E-state index contributed by atoms with van der Waals surface area (Å²) in [4.78, 5) is 14.3. The van der Waals surface area contributed by atoms with Crippen molar-refractivity contribution >= 4 is 18.2 Å². The number of hydrogen-bond donors (Lipinski definition) is 1. The van der Waals surface area contributed by atoms with Crippen molar-refractivity contribution in [1.82, 2.24) is 19.5 Å². The van der Waals surface area contributed by atoms with E-state index < -0.39 is 0 Å². The molecule has 25 heavy (non-hydrogen) atoms. The van der Waals surface area contributed by atoms with Gasteiger partial charge in [-0.1, -0.05) is 43.2 Å². The number of nitrogens with one attached hydrogen (secondary N) is 1. The molecule has 1 saturated carbocycles. The first-order chi connectivity index (χ1) is 11.8. The Morgan fingerprint density at radius 1 is 1.12 bits per heavy atom. The van der Waals surface area contributed by atoms with Crippen molar-refractivity contribution in [2.24, 2.45) is 0 Å². The van der Waals surface area contributed by atoms with Crippen LogP contribution in [0, 0.1) is 0 Å². The predicted molar refractivity (Wildman–Crippen MR) is 102 cm³/mol. The number of rotatable bonds is 5. The SMILES string of the molecule is CCn1cnc(NCc2ccccc2)c2nc(C3CCCC3)nc1-2.Cl. The average Bonchev–Trinajstić information content (AvgIpc) is 3.29. The standard InChI is InChI=1S/C19H23N5.ClH/c1-2-24-13-21-18(20-12-14-8-4-3-5-9-14)16-19(24)23-17(22-16)15-10-6-7-11-15;/h3-5,8-9,13,15,20H,2,6-7,10-12H2,1H3;1H. The number of halogens is 1. The highest BCUT2D eigenvalue weighted by Crippen LogP contribution is 2.36. The Balaban J connectivity index is 0.00000182. The molecular formula is C19H24ClN5. The fourth-order valence-corrected chi connectivity index (χ4v) is 3.46. The molecule has 0 spiro atoms. The first kappa shape index (κ1) is 17.7. The van der Waals surface area contributed by atoms with Crippen molar-refractivity contribution in [1.29, 1.82) is 0 Å². The first-order valence-electron chi connectivity index (χ1n) is 8.85. The molecule has 1 N–H and O–H groups in total. The average molecular weight is 358 g/mol. The van der Waals surface area contributed by atoms with Crippen molar-refractivity contribution in [3.8, 4) is 11.5 Å². The molecule has 0 unspecified atom stereocenters. The summed E-state index contributed by atoms with van der Waals surface area (Å²) < 4.78 is 2.08. The van der Waals surface area contributed by atoms with Gasteiger partial charge in [-0.2, -0.15) is 0 Å². The summed E-state index contributed by atoms with van der Waals surface area (Å²) in [5.41, 5.74) is 2.13. The number of imidazole rings is 1. The van der Waals surface area contributed by atoms with Gasteiger partial charge in [0.2, 0.25) is 0 Å². The third kappa shape index (κ3) is 3.61. The topological polar surface area (TPSA) is 55.6 Å². The maximum absolute atomic E-state index is 4.86. The van der Waals surface area contributed by atoms with E-state index >= 15 is 0 Å². The fourth-order valence-electron chi connectivity index (χ4n) is 3.46. The minimum absolute atomic E-state index is 0. The smallest absolute Gasteiger partial charge is 0.165 e. The maximum Gasteiger partial charge on any atom is 0.165 e. The molecule has 4 rings (SSSR count). The van der Waals surface area contributed by atoms with Gasteiger partial charge in [0.05, 0.1) is 6.33 Å². The van der Waals surface area contributed by atoms with Crippen LogP contribution in [0.25, 0.3) is 11.5 Å². The zero-order valence-corrected chi connectivity index (χ0v) is 15.3. The Hall–Kier alpha value is -2.14. The molecule has 2 heterocycles. The van der Waals surface area contributed by atoms with Crippen LogP contribution in [0.5, 0.6) is 0 Å². The van der Waals surface area contributed by atoms with E-state index in [0.717, 1.165) is 36.3 Å². The highest BCUT2D eigenvalue weighted by atomic mass is 35.5. The van der Waals surface area contributed by atoms with E-state index in [4.69, 9.17) is 9.97 Å². The summed E-state index contributed by atoms with van der Waals surface area (Å²) in [7, 11) is 0. The molecule has 0 aromatic heterocycles. The van der Waals surface area contributed by atoms with Crippen LogP contribution in [0.1, 0.15) is 49.9 Å². The van der Waals surface area contributed by atoms with E-state index in [9.17, 15) is 0 Å². The molecule has 0 saturated heterocycles. The highest BCUT2D eigenvalue weighted by molar-refractivity contribution is 5.85. The Morgan fingerprint density at radius 3 is 2.60 bits per heavy atom. The third-order valence-electron chi connectivity index (χ3n) is 4.84. The third-order valence-corrected chi connectivity index (χ3v) is 4.84. The van der Waals surface area contributed by atoms with Gasteiger partial charge in [0.1, 0.15) is 5.82 Å². The van der Waals surface area contributed by atoms with E-state index in [1.165, 1.54) is 31.2 Å². The molecule has 1 fully saturated rings. The van der Waals surface area contributed by atoms with Gasteiger partial charge in [-0.25, -0.2) is 15.0 Å². The number of anilines is 1. The van der Waals surface area contributed by atoms with E-state index in [1.54, 1.807) is 0 Å². The van der Waals surface area contributed by atoms with Gasteiger partial charge in [-0.15, -0.1) is 12.4 Å². The van der Waals surface area contributed by atoms with Crippen molar-refractivity contribution in [2.45, 2.75) is 51.6 Å². The number of fused-ring (bicyclic) bond motifs is 1. The molecule has 1 aliphatic carbocycles. The minimum Gasteiger partial charge on any atom is -0.364 e. The second-order valence-electron chi connectivity index (χ2n) is 6.45. The molecule has 132 valence electrons. The van der Waals surface area contributed by atoms with Crippen LogP contribution in [0.15, 0.2) is 36.7 Å². The molecule has 2 aliphatic heterocycles. The summed E-state index contributed by atoms with van der Waals surface area (Å²) in [5.74, 6) is 3.30. The molecule has 5 nitrogen and oxygen atoms in total. The zero-order chi connectivity index (χ0) is 16.4. The van der Waals surface area contributed by atoms with Gasteiger partial charge in [0, 0.05) is 19.0 Å². The Labute approximate surface area is 154 Å². The number of benzene rings is 1. The van der Waals surface area contributed by atoms with Gasteiger partial charge in [-0.05, 0) is 25.3 Å². The van der Waals surface area contributed by atoms with Crippen molar-refractivity contribution in [2.75, 3.05) is 5.32 Å². The van der Waals surface area contributed by atoms with Crippen LogP contribution in [0.2, 0.25) is 0 Å². The number of nitrogens with zero attached hydrogens (tertiary/aromatic N) is 4. The van der Waals surface area contributed by atoms with Crippen LogP contribution in [0.3, 0.4) is 0 Å². The number of aromatic nitrogens is 4. The lowest BCUT2D eigenvalue weighted by Crippen LogP contribution is -2.09. The van der Waals surface area contributed by atoms with Gasteiger partial charge < -0.3 is 9.88 Å². The Morgan fingerprint density at radius 2 is 1.88 bits per heavy atom. The van der Waals surface area contributed by atoms with Crippen LogP contribution >= 0.6 is 12.4 Å². The first-order valence-corrected chi connectivity index (χ1v) is 8.85. The lowest BCUT2D eigenvalue weighted by atomic mass is 10.1. The second kappa shape index (κ2) is 7.83. The summed E-state index contributed by atoms with van der Waals surface area (Å²) in [5, 5.41) is 3.43. The van der Waals surface area contributed by atoms with Crippen molar-refractivity contribution in [3.05, 3.63) is 48.0 Å². The summed E-state index contributed by atoms with van der Waals surface area (Å²) in [6.45, 7) is 3.71. The highest BCUT2D eigenvalue weighted by Gasteiger charge is 2.26. The molecule has 1 aromatic rings. The van der Waals surface area contributed by atoms with Gasteiger partial charge in [0.15, 0.2) is 17.3 Å². The zero-order valence-electron chi connectivity index (χ0n) is 14.5. The fraction of sp³-hybridized carbons (Fsp3) is 0.421. The lowest BCUT2D eigenvalue weighted by Gasteiger charge is -2.12. The van der Waals surface area contributed by atoms with E-state index in [1.807, 2.05) is 12.4 Å². The van der Waals surface area contributed by atoms with Crippen LogP contribution in [-0.2, 0) is 13.1 Å². The molecule has 0 atom stereocenters. The predicted octanol–water partition coefficient (Wildman–Crippen LogP) is 4.49. The molecule has 0 amide bonds. The number of aryl methyl sites for hydroxylation is 1. The van der Waals surface area contributed by atoms with Gasteiger partial charge >= 0.3 is 0 Å². The van der Waals surface area contributed by atoms with Crippen LogP contribution in [-0.4, -0.2) is 19.5 Å². The molecular weight excluding hydrogens is 334 g/mol. The van der Waals surface area contributed by atoms with Crippen LogP contribution < -0.4 is 5.32 Å². The van der Waals surface area contributed by atoms with E-state index in [-0.39, 0.29) is 12.4 Å². The molecule has 3 aliphatic rings. The Kier molecular flexibility index (Phi) is 5.53. The van der Waals surface area contributed by atoms with Gasteiger partial charge in [0.25, 0.3) is 0 Å².